The van der Waals surface area contributed by atoms with Gasteiger partial charge in [0, 0.05) is 36.7 Å². The van der Waals surface area contributed by atoms with Crippen molar-refractivity contribution >= 4 is 0 Å². The Morgan fingerprint density at radius 3 is 2.92 bits per heavy atom. The highest BCUT2D eigenvalue weighted by Crippen LogP contribution is 2.26. The van der Waals surface area contributed by atoms with E-state index in [4.69, 9.17) is 4.52 Å². The van der Waals surface area contributed by atoms with Crippen LogP contribution in [0.5, 0.6) is 0 Å². The second-order valence-corrected chi connectivity index (χ2v) is 6.93. The Hall–Kier alpha value is -1.72. The molecular weight excluding hydrogens is 305 g/mol. The van der Waals surface area contributed by atoms with Crippen molar-refractivity contribution in [2.75, 3.05) is 13.1 Å². The molecule has 1 unspecified atom stereocenters. The molecule has 1 aliphatic carbocycles. The van der Waals surface area contributed by atoms with Crippen molar-refractivity contribution in [1.29, 1.82) is 0 Å². The Morgan fingerprint density at radius 1 is 1.25 bits per heavy atom. The van der Waals surface area contributed by atoms with Crippen molar-refractivity contribution in [1.82, 2.24) is 15.4 Å². The lowest BCUT2D eigenvalue weighted by Crippen LogP contribution is -2.34. The van der Waals surface area contributed by atoms with E-state index in [-0.39, 0.29) is 5.82 Å². The molecule has 0 radical (unpaired) electrons. The SMILES string of the molecule is Fc1ccccc1CNC1CCc2onc(CN3CCCC3)c2C1. The summed E-state index contributed by atoms with van der Waals surface area (Å²) < 4.78 is 19.3. The zero-order chi connectivity index (χ0) is 16.4. The van der Waals surface area contributed by atoms with Crippen LogP contribution in [0.1, 0.15) is 41.8 Å². The number of nitrogens with one attached hydrogen (secondary N) is 1. The summed E-state index contributed by atoms with van der Waals surface area (Å²) in [5.74, 6) is 0.911. The predicted octanol–water partition coefficient (Wildman–Crippen LogP) is 3.06. The summed E-state index contributed by atoms with van der Waals surface area (Å²) >= 11 is 0. The normalized spacial score (nSPS) is 21.1. The van der Waals surface area contributed by atoms with Crippen molar-refractivity contribution in [2.24, 2.45) is 0 Å². The Labute approximate surface area is 142 Å². The first-order valence-corrected chi connectivity index (χ1v) is 8.95. The zero-order valence-electron chi connectivity index (χ0n) is 13.9. The molecular formula is C19H24FN3O. The van der Waals surface area contributed by atoms with Crippen molar-refractivity contribution in [3.63, 3.8) is 0 Å². The van der Waals surface area contributed by atoms with E-state index in [1.54, 1.807) is 6.07 Å². The highest BCUT2D eigenvalue weighted by Gasteiger charge is 2.27. The molecule has 1 N–H and O–H groups in total. The van der Waals surface area contributed by atoms with Gasteiger partial charge in [-0.1, -0.05) is 23.4 Å². The monoisotopic (exact) mass is 329 g/mol. The molecule has 2 aromatic rings. The van der Waals surface area contributed by atoms with Crippen LogP contribution in [-0.4, -0.2) is 29.2 Å². The zero-order valence-corrected chi connectivity index (χ0v) is 13.9. The number of aromatic nitrogens is 1. The number of fused-ring (bicyclic) bond motifs is 1. The van der Waals surface area contributed by atoms with Crippen LogP contribution in [0.15, 0.2) is 28.8 Å². The third-order valence-corrected chi connectivity index (χ3v) is 5.23. The van der Waals surface area contributed by atoms with E-state index in [2.05, 4.69) is 15.4 Å². The molecule has 128 valence electrons. The molecule has 1 aromatic carbocycles. The summed E-state index contributed by atoms with van der Waals surface area (Å²) in [6, 6.07) is 7.33. The van der Waals surface area contributed by atoms with Gasteiger partial charge in [0.05, 0.1) is 0 Å². The molecule has 1 fully saturated rings. The lowest BCUT2D eigenvalue weighted by molar-refractivity contribution is 0.309. The van der Waals surface area contributed by atoms with Crippen LogP contribution in [0.4, 0.5) is 4.39 Å². The maximum atomic E-state index is 13.8. The number of halogens is 1. The molecule has 2 aliphatic rings. The third kappa shape index (κ3) is 3.37. The summed E-state index contributed by atoms with van der Waals surface area (Å²) in [6.07, 6.45) is 5.42. The third-order valence-electron chi connectivity index (χ3n) is 5.23. The van der Waals surface area contributed by atoms with Gasteiger partial charge in [-0.2, -0.15) is 0 Å². The molecule has 2 heterocycles. The van der Waals surface area contributed by atoms with Gasteiger partial charge in [0.2, 0.25) is 0 Å². The highest BCUT2D eigenvalue weighted by molar-refractivity contribution is 5.27. The van der Waals surface area contributed by atoms with Gasteiger partial charge in [0.1, 0.15) is 17.3 Å². The maximum absolute atomic E-state index is 13.8. The first-order valence-electron chi connectivity index (χ1n) is 8.95. The van der Waals surface area contributed by atoms with Gasteiger partial charge in [-0.05, 0) is 44.8 Å². The number of nitrogens with zero attached hydrogens (tertiary/aromatic N) is 2. The fraction of sp³-hybridized carbons (Fsp3) is 0.526. The highest BCUT2D eigenvalue weighted by atomic mass is 19.1. The number of hydrogen-bond donors (Lipinski definition) is 1. The molecule has 1 atom stereocenters. The fourth-order valence-electron chi connectivity index (χ4n) is 3.81. The van der Waals surface area contributed by atoms with Crippen LogP contribution in [0.25, 0.3) is 0 Å². The standard InChI is InChI=1S/C19H24FN3O/c20-17-6-2-1-5-14(17)12-21-15-7-8-19-16(11-15)18(22-24-19)13-23-9-3-4-10-23/h1-2,5-6,15,21H,3-4,7-13H2. The minimum Gasteiger partial charge on any atom is -0.361 e. The smallest absolute Gasteiger partial charge is 0.140 e. The average Bonchev–Trinajstić information content (AvgIpc) is 3.25. The second-order valence-electron chi connectivity index (χ2n) is 6.93. The van der Waals surface area contributed by atoms with Crippen LogP contribution in [0, 0.1) is 5.82 Å². The number of aryl methyl sites for hydroxylation is 1. The van der Waals surface area contributed by atoms with E-state index in [1.807, 2.05) is 12.1 Å². The summed E-state index contributed by atoms with van der Waals surface area (Å²) in [5, 5.41) is 7.83. The minimum absolute atomic E-state index is 0.138. The van der Waals surface area contributed by atoms with Crippen LogP contribution in [-0.2, 0) is 25.9 Å². The van der Waals surface area contributed by atoms with Gasteiger partial charge >= 0.3 is 0 Å². The lowest BCUT2D eigenvalue weighted by atomic mass is 9.91. The van der Waals surface area contributed by atoms with Gasteiger partial charge < -0.3 is 9.84 Å². The predicted molar refractivity (Wildman–Crippen MR) is 90.1 cm³/mol. The molecule has 0 amide bonds. The van der Waals surface area contributed by atoms with E-state index in [0.29, 0.717) is 12.6 Å². The summed E-state index contributed by atoms with van der Waals surface area (Å²) in [5.41, 5.74) is 3.11. The average molecular weight is 329 g/mol. The Balaban J connectivity index is 1.39. The maximum Gasteiger partial charge on any atom is 0.140 e. The molecule has 24 heavy (non-hydrogen) atoms. The van der Waals surface area contributed by atoms with Crippen LogP contribution in [0.3, 0.4) is 0 Å². The first kappa shape index (κ1) is 15.8. The van der Waals surface area contributed by atoms with Gasteiger partial charge in [-0.25, -0.2) is 4.39 Å². The van der Waals surface area contributed by atoms with Crippen LogP contribution >= 0.6 is 0 Å². The van der Waals surface area contributed by atoms with Gasteiger partial charge in [0.25, 0.3) is 0 Å². The van der Waals surface area contributed by atoms with Crippen molar-refractivity contribution in [3.05, 3.63) is 52.7 Å². The molecule has 0 saturated carbocycles. The molecule has 5 heteroatoms. The van der Waals surface area contributed by atoms with Crippen LogP contribution in [0.2, 0.25) is 0 Å². The van der Waals surface area contributed by atoms with Gasteiger partial charge in [0.15, 0.2) is 0 Å². The summed E-state index contributed by atoms with van der Waals surface area (Å²) in [6.45, 7) is 3.80. The van der Waals surface area contributed by atoms with E-state index in [1.165, 1.54) is 24.5 Å². The number of benzene rings is 1. The fourth-order valence-corrected chi connectivity index (χ4v) is 3.81. The lowest BCUT2D eigenvalue weighted by Gasteiger charge is -2.23. The van der Waals surface area contributed by atoms with Crippen molar-refractivity contribution in [2.45, 2.75) is 51.2 Å². The summed E-state index contributed by atoms with van der Waals surface area (Å²) in [4.78, 5) is 2.45. The summed E-state index contributed by atoms with van der Waals surface area (Å²) in [7, 11) is 0. The van der Waals surface area contributed by atoms with E-state index in [9.17, 15) is 4.39 Å². The van der Waals surface area contributed by atoms with E-state index < -0.39 is 0 Å². The van der Waals surface area contributed by atoms with Gasteiger partial charge in [-0.15, -0.1) is 0 Å². The quantitative estimate of drug-likeness (QED) is 0.915. The molecule has 1 aromatic heterocycles. The number of likely N-dealkylation sites (tertiary alicyclic amines) is 1. The molecule has 4 nitrogen and oxygen atoms in total. The largest absolute Gasteiger partial charge is 0.361 e. The van der Waals surface area contributed by atoms with E-state index >= 15 is 0 Å². The van der Waals surface area contributed by atoms with Crippen LogP contribution < -0.4 is 5.32 Å². The first-order chi connectivity index (χ1) is 11.8. The van der Waals surface area contributed by atoms with Crippen molar-refractivity contribution in [3.8, 4) is 0 Å². The molecule has 1 aliphatic heterocycles. The topological polar surface area (TPSA) is 41.3 Å². The van der Waals surface area contributed by atoms with Crippen molar-refractivity contribution < 1.29 is 8.91 Å². The van der Waals surface area contributed by atoms with E-state index in [0.717, 1.165) is 55.9 Å². The Morgan fingerprint density at radius 2 is 2.08 bits per heavy atom. The molecule has 0 spiro atoms. The Bertz CT molecular complexity index is 694. The minimum atomic E-state index is -0.138. The molecule has 1 saturated heterocycles. The molecule has 0 bridgehead atoms. The molecule has 4 rings (SSSR count). The number of rotatable bonds is 5. The van der Waals surface area contributed by atoms with Gasteiger partial charge in [-0.3, -0.25) is 4.90 Å². The Kier molecular flexibility index (Phi) is 4.63. The number of hydrogen-bond acceptors (Lipinski definition) is 4. The second kappa shape index (κ2) is 7.03.